The van der Waals surface area contributed by atoms with Crippen LogP contribution in [-0.4, -0.2) is 11.8 Å². The highest BCUT2D eigenvalue weighted by molar-refractivity contribution is 7.98. The molecule has 2 rings (SSSR count). The molecule has 102 valence electrons. The van der Waals surface area contributed by atoms with Crippen molar-refractivity contribution in [1.29, 1.82) is 0 Å². The molecule has 2 aromatic rings. The standard InChI is InChI=1S/C14H12N2O2S2/c17-13(15-19-11-7-3-1-4-8-11)14(18)16-20-12-9-5-2-6-10-12/h1-10H,(H,15,17)(H,16,18). The molecule has 0 bridgehead atoms. The largest absolute Gasteiger partial charge is 0.320 e. The van der Waals surface area contributed by atoms with Gasteiger partial charge in [0.15, 0.2) is 0 Å². The van der Waals surface area contributed by atoms with E-state index in [-0.39, 0.29) is 0 Å². The monoisotopic (exact) mass is 304 g/mol. The molecule has 0 aliphatic rings. The average molecular weight is 304 g/mol. The van der Waals surface area contributed by atoms with Gasteiger partial charge in [0.05, 0.1) is 0 Å². The van der Waals surface area contributed by atoms with Crippen LogP contribution < -0.4 is 9.44 Å². The third-order valence-electron chi connectivity index (χ3n) is 2.22. The molecule has 0 saturated heterocycles. The average Bonchev–Trinajstić information content (AvgIpc) is 2.52. The Hall–Kier alpha value is -1.92. The molecule has 0 spiro atoms. The second kappa shape index (κ2) is 7.62. The summed E-state index contributed by atoms with van der Waals surface area (Å²) < 4.78 is 4.97. The fourth-order valence-electron chi connectivity index (χ4n) is 1.28. The number of benzene rings is 2. The predicted molar refractivity (Wildman–Crippen MR) is 80.9 cm³/mol. The van der Waals surface area contributed by atoms with Crippen molar-refractivity contribution < 1.29 is 9.59 Å². The summed E-state index contributed by atoms with van der Waals surface area (Å²) in [5, 5.41) is 0. The smallest absolute Gasteiger partial charge is 0.288 e. The summed E-state index contributed by atoms with van der Waals surface area (Å²) in [5.74, 6) is -1.36. The highest BCUT2D eigenvalue weighted by Crippen LogP contribution is 2.14. The molecule has 0 unspecified atom stereocenters. The van der Waals surface area contributed by atoms with Gasteiger partial charge in [-0.15, -0.1) is 0 Å². The Morgan fingerprint density at radius 3 is 1.35 bits per heavy atom. The van der Waals surface area contributed by atoms with Crippen molar-refractivity contribution in [3.63, 3.8) is 0 Å². The summed E-state index contributed by atoms with van der Waals surface area (Å²) in [5.41, 5.74) is 0. The zero-order valence-electron chi connectivity index (χ0n) is 10.4. The van der Waals surface area contributed by atoms with E-state index in [1.54, 1.807) is 0 Å². The van der Waals surface area contributed by atoms with Crippen LogP contribution in [0.2, 0.25) is 0 Å². The number of nitrogens with one attached hydrogen (secondary N) is 2. The van der Waals surface area contributed by atoms with Gasteiger partial charge < -0.3 is 0 Å². The third kappa shape index (κ3) is 4.64. The minimum absolute atomic E-state index is 0.678. The fraction of sp³-hybridized carbons (Fsp3) is 0. The number of rotatable bonds is 4. The van der Waals surface area contributed by atoms with Gasteiger partial charge in [-0.3, -0.25) is 19.0 Å². The van der Waals surface area contributed by atoms with Crippen LogP contribution in [0.25, 0.3) is 0 Å². The third-order valence-corrected chi connectivity index (χ3v) is 3.81. The number of amides is 2. The maximum Gasteiger partial charge on any atom is 0.320 e. The van der Waals surface area contributed by atoms with E-state index in [0.29, 0.717) is 0 Å². The van der Waals surface area contributed by atoms with Crippen LogP contribution in [0, 0.1) is 0 Å². The van der Waals surface area contributed by atoms with Gasteiger partial charge in [0.1, 0.15) is 0 Å². The first kappa shape index (κ1) is 14.5. The SMILES string of the molecule is O=C(NSc1ccccc1)C(=O)NSc1ccccc1. The molecule has 0 aromatic heterocycles. The van der Waals surface area contributed by atoms with Crippen LogP contribution in [0.15, 0.2) is 70.5 Å². The van der Waals surface area contributed by atoms with E-state index in [4.69, 9.17) is 0 Å². The number of hydrogen-bond donors (Lipinski definition) is 2. The molecule has 2 amide bonds. The molecule has 6 heteroatoms. The molecule has 0 saturated carbocycles. The molecule has 2 N–H and O–H groups in total. The Bertz CT molecular complexity index is 523. The summed E-state index contributed by atoms with van der Waals surface area (Å²) >= 11 is 2.22. The highest BCUT2D eigenvalue weighted by Gasteiger charge is 2.13. The predicted octanol–water partition coefficient (Wildman–Crippen LogP) is 2.63. The van der Waals surface area contributed by atoms with Crippen molar-refractivity contribution in [3.05, 3.63) is 60.7 Å². The summed E-state index contributed by atoms with van der Waals surface area (Å²) in [4.78, 5) is 24.9. The molecule has 0 radical (unpaired) electrons. The summed E-state index contributed by atoms with van der Waals surface area (Å²) in [6.45, 7) is 0. The zero-order chi connectivity index (χ0) is 14.2. The molecule has 0 aliphatic heterocycles. The van der Waals surface area contributed by atoms with Crippen LogP contribution in [0.4, 0.5) is 0 Å². The molecule has 20 heavy (non-hydrogen) atoms. The van der Waals surface area contributed by atoms with Crippen LogP contribution >= 0.6 is 23.9 Å². The van der Waals surface area contributed by atoms with Gasteiger partial charge in [0.2, 0.25) is 0 Å². The maximum atomic E-state index is 11.6. The van der Waals surface area contributed by atoms with Crippen molar-refractivity contribution >= 4 is 35.7 Å². The van der Waals surface area contributed by atoms with E-state index >= 15 is 0 Å². The first-order valence-electron chi connectivity index (χ1n) is 5.80. The van der Waals surface area contributed by atoms with Gasteiger partial charge in [-0.05, 0) is 48.2 Å². The second-order valence-corrected chi connectivity index (χ2v) is 5.45. The molecule has 0 fully saturated rings. The van der Waals surface area contributed by atoms with Crippen LogP contribution in [0.5, 0.6) is 0 Å². The second-order valence-electron chi connectivity index (χ2n) is 3.69. The van der Waals surface area contributed by atoms with Gasteiger partial charge in [0, 0.05) is 9.79 Å². The Labute approximate surface area is 125 Å². The van der Waals surface area contributed by atoms with Crippen LogP contribution in [-0.2, 0) is 9.59 Å². The lowest BCUT2D eigenvalue weighted by atomic mass is 10.4. The van der Waals surface area contributed by atoms with Crippen molar-refractivity contribution in [2.75, 3.05) is 0 Å². The van der Waals surface area contributed by atoms with Crippen LogP contribution in [0.1, 0.15) is 0 Å². The van der Waals surface area contributed by atoms with E-state index in [2.05, 4.69) is 9.44 Å². The fourth-order valence-corrected chi connectivity index (χ4v) is 2.47. The van der Waals surface area contributed by atoms with Crippen molar-refractivity contribution in [1.82, 2.24) is 9.44 Å². The first-order valence-corrected chi connectivity index (χ1v) is 7.43. The van der Waals surface area contributed by atoms with Gasteiger partial charge in [-0.25, -0.2) is 0 Å². The van der Waals surface area contributed by atoms with E-state index < -0.39 is 11.8 Å². The van der Waals surface area contributed by atoms with Crippen molar-refractivity contribution in [3.8, 4) is 0 Å². The van der Waals surface area contributed by atoms with Gasteiger partial charge in [-0.2, -0.15) is 0 Å². The zero-order valence-corrected chi connectivity index (χ0v) is 12.0. The Balaban J connectivity index is 1.76. The number of carbonyl (C=O) groups is 2. The summed E-state index contributed by atoms with van der Waals surface area (Å²) in [6.07, 6.45) is 0. The topological polar surface area (TPSA) is 58.2 Å². The van der Waals surface area contributed by atoms with E-state index in [1.165, 1.54) is 0 Å². The van der Waals surface area contributed by atoms with E-state index in [1.807, 2.05) is 60.7 Å². The van der Waals surface area contributed by atoms with E-state index in [9.17, 15) is 9.59 Å². The van der Waals surface area contributed by atoms with Gasteiger partial charge >= 0.3 is 11.8 Å². The highest BCUT2D eigenvalue weighted by atomic mass is 32.2. The molecule has 2 aromatic carbocycles. The Morgan fingerprint density at radius 1 is 0.650 bits per heavy atom. The molecule has 0 heterocycles. The quantitative estimate of drug-likeness (QED) is 0.673. The molecule has 0 atom stereocenters. The lowest BCUT2D eigenvalue weighted by molar-refractivity contribution is -0.136. The van der Waals surface area contributed by atoms with Crippen molar-refractivity contribution in [2.24, 2.45) is 0 Å². The maximum absolute atomic E-state index is 11.6. The molecular weight excluding hydrogens is 292 g/mol. The summed E-state index contributed by atoms with van der Waals surface area (Å²) in [7, 11) is 0. The molecule has 0 aliphatic carbocycles. The Kier molecular flexibility index (Phi) is 5.52. The normalized spacial score (nSPS) is 9.80. The number of hydrogen-bond acceptors (Lipinski definition) is 4. The molecule has 4 nitrogen and oxygen atoms in total. The summed E-state index contributed by atoms with van der Waals surface area (Å²) in [6, 6.07) is 18.6. The first-order chi connectivity index (χ1) is 9.75. The Morgan fingerprint density at radius 2 is 1.00 bits per heavy atom. The van der Waals surface area contributed by atoms with Gasteiger partial charge in [0.25, 0.3) is 0 Å². The van der Waals surface area contributed by atoms with Gasteiger partial charge in [-0.1, -0.05) is 36.4 Å². The molecular formula is C14H12N2O2S2. The van der Waals surface area contributed by atoms with Crippen molar-refractivity contribution in [2.45, 2.75) is 9.79 Å². The van der Waals surface area contributed by atoms with Crippen LogP contribution in [0.3, 0.4) is 0 Å². The lowest BCUT2D eigenvalue weighted by Gasteiger charge is -2.05. The minimum atomic E-state index is -0.678. The minimum Gasteiger partial charge on any atom is -0.288 e. The van der Waals surface area contributed by atoms with E-state index in [0.717, 1.165) is 33.7 Å². The lowest BCUT2D eigenvalue weighted by Crippen LogP contribution is -2.33. The number of carbonyl (C=O) groups excluding carboxylic acids is 2.